The highest BCUT2D eigenvalue weighted by atomic mass is 32.2. The van der Waals surface area contributed by atoms with E-state index in [0.717, 1.165) is 45.2 Å². The van der Waals surface area contributed by atoms with Gasteiger partial charge in [0, 0.05) is 23.6 Å². The van der Waals surface area contributed by atoms with Crippen molar-refractivity contribution < 1.29 is 17.9 Å². The second-order valence-electron chi connectivity index (χ2n) is 7.26. The van der Waals surface area contributed by atoms with Crippen LogP contribution in [0.2, 0.25) is 0 Å². The lowest BCUT2D eigenvalue weighted by atomic mass is 10.0. The van der Waals surface area contributed by atoms with Crippen LogP contribution in [-0.4, -0.2) is 37.9 Å². The zero-order valence-corrected chi connectivity index (χ0v) is 18.7. The summed E-state index contributed by atoms with van der Waals surface area (Å²) in [6.07, 6.45) is 1.20. The third-order valence-corrected chi connectivity index (χ3v) is 6.27. The Bertz CT molecular complexity index is 1360. The quantitative estimate of drug-likeness (QED) is 0.434. The summed E-state index contributed by atoms with van der Waals surface area (Å²) in [6, 6.07) is 18.7. The van der Waals surface area contributed by atoms with E-state index in [1.807, 2.05) is 48.7 Å². The number of benzene rings is 3. The van der Waals surface area contributed by atoms with E-state index in [0.29, 0.717) is 6.61 Å². The second kappa shape index (κ2) is 8.07. The molecule has 0 fully saturated rings. The summed E-state index contributed by atoms with van der Waals surface area (Å²) < 4.78 is 36.8. The van der Waals surface area contributed by atoms with Crippen molar-refractivity contribution in [3.8, 4) is 28.3 Å². The van der Waals surface area contributed by atoms with Gasteiger partial charge in [0.1, 0.15) is 17.3 Å². The Balaban J connectivity index is 1.84. The zero-order chi connectivity index (χ0) is 22.2. The molecule has 0 saturated carbocycles. The van der Waals surface area contributed by atoms with Crippen molar-refractivity contribution in [3.63, 3.8) is 0 Å². The third kappa shape index (κ3) is 4.01. The Morgan fingerprint density at radius 2 is 1.74 bits per heavy atom. The van der Waals surface area contributed by atoms with Gasteiger partial charge in [-0.25, -0.2) is 13.4 Å². The molecule has 0 unspecified atom stereocenters. The standard InChI is InChI=1S/C24H24N2O4S/c1-5-30-19-9-12-21(24(15-19)29-3)17-6-13-22-23(14-17)26(16(2)25-22)18-7-10-20(11-8-18)31(4,27)28/h6-15H,5H2,1-4H3. The lowest BCUT2D eigenvalue weighted by Crippen LogP contribution is -2.00. The number of ether oxygens (including phenoxy) is 2. The molecule has 0 aliphatic rings. The maximum Gasteiger partial charge on any atom is 0.175 e. The van der Waals surface area contributed by atoms with Gasteiger partial charge in [0.05, 0.1) is 29.6 Å². The van der Waals surface area contributed by atoms with Gasteiger partial charge in [0.2, 0.25) is 0 Å². The van der Waals surface area contributed by atoms with Gasteiger partial charge in [-0.3, -0.25) is 4.57 Å². The molecular formula is C24H24N2O4S. The number of rotatable bonds is 6. The first-order valence-electron chi connectivity index (χ1n) is 9.92. The first kappa shape index (κ1) is 20.9. The minimum Gasteiger partial charge on any atom is -0.496 e. The van der Waals surface area contributed by atoms with E-state index in [1.54, 1.807) is 31.4 Å². The summed E-state index contributed by atoms with van der Waals surface area (Å²) in [6.45, 7) is 4.47. The number of fused-ring (bicyclic) bond motifs is 1. The van der Waals surface area contributed by atoms with Crippen molar-refractivity contribution in [2.24, 2.45) is 0 Å². The molecule has 0 aliphatic carbocycles. The number of aryl methyl sites for hydroxylation is 1. The van der Waals surface area contributed by atoms with Crippen molar-refractivity contribution in [2.75, 3.05) is 20.0 Å². The predicted molar refractivity (Wildman–Crippen MR) is 122 cm³/mol. The molecule has 0 radical (unpaired) electrons. The fraction of sp³-hybridized carbons (Fsp3) is 0.208. The third-order valence-electron chi connectivity index (χ3n) is 5.14. The van der Waals surface area contributed by atoms with E-state index in [4.69, 9.17) is 9.47 Å². The fourth-order valence-corrected chi connectivity index (χ4v) is 4.33. The van der Waals surface area contributed by atoms with Gasteiger partial charge in [0.25, 0.3) is 0 Å². The first-order valence-corrected chi connectivity index (χ1v) is 11.8. The smallest absolute Gasteiger partial charge is 0.175 e. The molecule has 3 aromatic carbocycles. The van der Waals surface area contributed by atoms with E-state index < -0.39 is 9.84 Å². The molecule has 0 N–H and O–H groups in total. The van der Waals surface area contributed by atoms with Gasteiger partial charge in [-0.15, -0.1) is 0 Å². The largest absolute Gasteiger partial charge is 0.496 e. The van der Waals surface area contributed by atoms with Crippen LogP contribution in [0.15, 0.2) is 65.6 Å². The molecule has 0 aliphatic heterocycles. The zero-order valence-electron chi connectivity index (χ0n) is 17.9. The van der Waals surface area contributed by atoms with Crippen LogP contribution in [0.3, 0.4) is 0 Å². The summed E-state index contributed by atoms with van der Waals surface area (Å²) in [5.74, 6) is 2.31. The molecule has 31 heavy (non-hydrogen) atoms. The van der Waals surface area contributed by atoms with Crippen molar-refractivity contribution in [1.82, 2.24) is 9.55 Å². The van der Waals surface area contributed by atoms with E-state index >= 15 is 0 Å². The second-order valence-corrected chi connectivity index (χ2v) is 9.27. The molecule has 7 heteroatoms. The van der Waals surface area contributed by atoms with E-state index in [1.165, 1.54) is 6.26 Å². The molecule has 4 aromatic rings. The first-order chi connectivity index (χ1) is 14.8. The normalized spacial score (nSPS) is 11.6. The minimum atomic E-state index is -3.25. The average molecular weight is 437 g/mol. The summed E-state index contributed by atoms with van der Waals surface area (Å²) in [5.41, 5.74) is 4.58. The van der Waals surface area contributed by atoms with Gasteiger partial charge in [0.15, 0.2) is 9.84 Å². The lowest BCUT2D eigenvalue weighted by Gasteiger charge is -2.12. The molecule has 1 aromatic heterocycles. The predicted octanol–water partition coefficient (Wildman–Crippen LogP) is 4.81. The van der Waals surface area contributed by atoms with E-state index in [-0.39, 0.29) is 4.90 Å². The van der Waals surface area contributed by atoms with Crippen LogP contribution in [0.1, 0.15) is 12.7 Å². The molecule has 0 bridgehead atoms. The Kier molecular flexibility index (Phi) is 5.45. The summed E-state index contributed by atoms with van der Waals surface area (Å²) in [4.78, 5) is 4.96. The van der Waals surface area contributed by atoms with Crippen LogP contribution in [0, 0.1) is 6.92 Å². The molecule has 1 heterocycles. The van der Waals surface area contributed by atoms with Crippen molar-refractivity contribution in [2.45, 2.75) is 18.7 Å². The number of hydrogen-bond acceptors (Lipinski definition) is 5. The van der Waals surface area contributed by atoms with Gasteiger partial charge in [-0.1, -0.05) is 6.07 Å². The Morgan fingerprint density at radius 1 is 1.00 bits per heavy atom. The Hall–Kier alpha value is -3.32. The highest BCUT2D eigenvalue weighted by Gasteiger charge is 2.14. The number of sulfone groups is 1. The number of nitrogens with zero attached hydrogens (tertiary/aromatic N) is 2. The highest BCUT2D eigenvalue weighted by molar-refractivity contribution is 7.90. The van der Waals surface area contributed by atoms with Crippen molar-refractivity contribution >= 4 is 20.9 Å². The van der Waals surface area contributed by atoms with Crippen molar-refractivity contribution in [1.29, 1.82) is 0 Å². The Labute approximate surface area is 182 Å². The van der Waals surface area contributed by atoms with Crippen LogP contribution >= 0.6 is 0 Å². The highest BCUT2D eigenvalue weighted by Crippen LogP contribution is 2.35. The SMILES string of the molecule is CCOc1ccc(-c2ccc3nc(C)n(-c4ccc(S(C)(=O)=O)cc4)c3c2)c(OC)c1. The maximum atomic E-state index is 11.8. The average Bonchev–Trinajstić information content (AvgIpc) is 3.08. The van der Waals surface area contributed by atoms with Crippen LogP contribution in [-0.2, 0) is 9.84 Å². The summed E-state index contributed by atoms with van der Waals surface area (Å²) >= 11 is 0. The molecule has 0 spiro atoms. The summed E-state index contributed by atoms with van der Waals surface area (Å²) in [7, 11) is -1.60. The van der Waals surface area contributed by atoms with Gasteiger partial charge < -0.3 is 9.47 Å². The van der Waals surface area contributed by atoms with Gasteiger partial charge in [-0.05, 0) is 67.9 Å². The molecule has 0 saturated heterocycles. The van der Waals surface area contributed by atoms with Crippen LogP contribution in [0.25, 0.3) is 27.8 Å². The van der Waals surface area contributed by atoms with E-state index in [2.05, 4.69) is 11.1 Å². The van der Waals surface area contributed by atoms with Crippen LogP contribution in [0.5, 0.6) is 11.5 Å². The topological polar surface area (TPSA) is 70.4 Å². The van der Waals surface area contributed by atoms with Crippen LogP contribution < -0.4 is 9.47 Å². The number of imidazole rings is 1. The van der Waals surface area contributed by atoms with E-state index in [9.17, 15) is 8.42 Å². The van der Waals surface area contributed by atoms with Gasteiger partial charge >= 0.3 is 0 Å². The summed E-state index contributed by atoms with van der Waals surface area (Å²) in [5, 5.41) is 0. The molecule has 0 atom stereocenters. The molecular weight excluding hydrogens is 412 g/mol. The van der Waals surface area contributed by atoms with Gasteiger partial charge in [-0.2, -0.15) is 0 Å². The molecule has 0 amide bonds. The fourth-order valence-electron chi connectivity index (χ4n) is 3.70. The lowest BCUT2D eigenvalue weighted by molar-refractivity contribution is 0.336. The number of hydrogen-bond donors (Lipinski definition) is 0. The molecule has 160 valence electrons. The van der Waals surface area contributed by atoms with Crippen LogP contribution in [0.4, 0.5) is 0 Å². The monoisotopic (exact) mass is 436 g/mol. The molecule has 4 rings (SSSR count). The van der Waals surface area contributed by atoms with Crippen molar-refractivity contribution in [3.05, 3.63) is 66.5 Å². The molecule has 6 nitrogen and oxygen atoms in total. The number of methoxy groups -OCH3 is 1. The number of aromatic nitrogens is 2. The minimum absolute atomic E-state index is 0.290. The Morgan fingerprint density at radius 3 is 2.39 bits per heavy atom. The maximum absolute atomic E-state index is 11.8.